The van der Waals surface area contributed by atoms with Crippen LogP contribution in [0.3, 0.4) is 0 Å². The van der Waals surface area contributed by atoms with Crippen LogP contribution in [0.5, 0.6) is 11.5 Å². The van der Waals surface area contributed by atoms with Crippen LogP contribution in [0, 0.1) is 5.92 Å². The third-order valence-electron chi connectivity index (χ3n) is 6.93. The van der Waals surface area contributed by atoms with E-state index < -0.39 is 12.1 Å². The molecule has 3 aromatic carbocycles. The Balaban J connectivity index is 1.69. The number of hydrogen-bond donors (Lipinski definition) is 0. The number of ether oxygens (including phenoxy) is 3. The van der Waals surface area contributed by atoms with E-state index in [4.69, 9.17) is 14.2 Å². The quantitative estimate of drug-likeness (QED) is 0.111. The Morgan fingerprint density at radius 3 is 2.18 bits per heavy atom. The van der Waals surface area contributed by atoms with Crippen molar-refractivity contribution in [3.05, 3.63) is 83.9 Å². The molecule has 0 saturated heterocycles. The molecule has 0 bridgehead atoms. The summed E-state index contributed by atoms with van der Waals surface area (Å²) in [7, 11) is 0. The molecule has 0 spiro atoms. The van der Waals surface area contributed by atoms with E-state index in [1.165, 1.54) is 25.7 Å². The van der Waals surface area contributed by atoms with Gasteiger partial charge in [0.1, 0.15) is 17.6 Å². The maximum Gasteiger partial charge on any atom is 0.343 e. The average molecular weight is 531 g/mol. The van der Waals surface area contributed by atoms with Gasteiger partial charge in [0.2, 0.25) is 0 Å². The third kappa shape index (κ3) is 9.27. The Kier molecular flexibility index (Phi) is 12.1. The van der Waals surface area contributed by atoms with Crippen LogP contribution in [0.4, 0.5) is 0 Å². The number of esters is 2. The zero-order valence-electron chi connectivity index (χ0n) is 23.8. The van der Waals surface area contributed by atoms with Crippen molar-refractivity contribution in [2.24, 2.45) is 5.92 Å². The van der Waals surface area contributed by atoms with Gasteiger partial charge < -0.3 is 14.2 Å². The third-order valence-corrected chi connectivity index (χ3v) is 6.93. The van der Waals surface area contributed by atoms with Crippen molar-refractivity contribution < 1.29 is 23.8 Å². The van der Waals surface area contributed by atoms with Crippen molar-refractivity contribution in [3.63, 3.8) is 0 Å². The van der Waals surface area contributed by atoms with Gasteiger partial charge in [0.05, 0.1) is 18.1 Å². The van der Waals surface area contributed by atoms with E-state index in [2.05, 4.69) is 6.92 Å². The van der Waals surface area contributed by atoms with Gasteiger partial charge >= 0.3 is 11.9 Å². The van der Waals surface area contributed by atoms with Crippen molar-refractivity contribution in [3.8, 4) is 22.6 Å². The van der Waals surface area contributed by atoms with Crippen molar-refractivity contribution in [1.82, 2.24) is 0 Å². The highest BCUT2D eigenvalue weighted by Gasteiger charge is 2.18. The predicted octanol–water partition coefficient (Wildman–Crippen LogP) is 8.96. The van der Waals surface area contributed by atoms with Crippen LogP contribution in [0.25, 0.3) is 11.1 Å². The van der Waals surface area contributed by atoms with E-state index in [1.54, 1.807) is 30.3 Å². The lowest BCUT2D eigenvalue weighted by Gasteiger charge is -2.17. The van der Waals surface area contributed by atoms with Crippen molar-refractivity contribution in [2.45, 2.75) is 78.7 Å². The molecule has 3 rings (SSSR count). The molecule has 2 atom stereocenters. The predicted molar refractivity (Wildman–Crippen MR) is 156 cm³/mol. The van der Waals surface area contributed by atoms with Crippen LogP contribution in [-0.2, 0) is 9.53 Å². The zero-order valence-corrected chi connectivity index (χ0v) is 23.8. The van der Waals surface area contributed by atoms with Crippen molar-refractivity contribution >= 4 is 11.9 Å². The summed E-state index contributed by atoms with van der Waals surface area (Å²) in [4.78, 5) is 25.3. The first-order valence-electron chi connectivity index (χ1n) is 14.3. The van der Waals surface area contributed by atoms with Crippen LogP contribution in [0.15, 0.2) is 72.8 Å². The number of hydrogen-bond acceptors (Lipinski definition) is 5. The van der Waals surface area contributed by atoms with Gasteiger partial charge in [0.25, 0.3) is 0 Å². The van der Waals surface area contributed by atoms with Crippen molar-refractivity contribution in [2.75, 3.05) is 6.61 Å². The fraction of sp³-hybridized carbons (Fsp3) is 0.412. The lowest BCUT2D eigenvalue weighted by molar-refractivity contribution is -0.153. The smallest absolute Gasteiger partial charge is 0.343 e. The fourth-order valence-electron chi connectivity index (χ4n) is 4.18. The highest BCUT2D eigenvalue weighted by Crippen LogP contribution is 2.34. The molecular weight excluding hydrogens is 488 g/mol. The molecule has 5 heteroatoms. The second-order valence-electron chi connectivity index (χ2n) is 10.0. The van der Waals surface area contributed by atoms with E-state index in [1.807, 2.05) is 63.2 Å². The van der Waals surface area contributed by atoms with Gasteiger partial charge in [0, 0.05) is 11.6 Å². The number of benzene rings is 3. The molecule has 5 nitrogen and oxygen atoms in total. The normalized spacial score (nSPS) is 12.4. The summed E-state index contributed by atoms with van der Waals surface area (Å²) in [5, 5.41) is 0. The molecule has 0 aliphatic rings. The summed E-state index contributed by atoms with van der Waals surface area (Å²) in [6, 6.07) is 22.5. The first kappa shape index (κ1) is 29.9. The Labute approximate surface area is 233 Å². The van der Waals surface area contributed by atoms with Crippen LogP contribution in [0.2, 0.25) is 0 Å². The molecule has 0 N–H and O–H groups in total. The molecule has 0 aliphatic carbocycles. The maximum absolute atomic E-state index is 13.1. The van der Waals surface area contributed by atoms with Gasteiger partial charge in [-0.25, -0.2) is 4.79 Å². The maximum atomic E-state index is 13.1. The monoisotopic (exact) mass is 530 g/mol. The van der Waals surface area contributed by atoms with Gasteiger partial charge in [-0.1, -0.05) is 95.3 Å². The Bertz CT molecular complexity index is 1170. The molecule has 0 aliphatic heterocycles. The van der Waals surface area contributed by atoms with Crippen molar-refractivity contribution in [1.29, 1.82) is 0 Å². The summed E-state index contributed by atoms with van der Waals surface area (Å²) in [5.74, 6) is 0.299. The topological polar surface area (TPSA) is 61.8 Å². The average Bonchev–Trinajstić information content (AvgIpc) is 2.96. The van der Waals surface area contributed by atoms with Crippen LogP contribution < -0.4 is 9.47 Å². The SMILES string of the molecule is CCCCCCCCOc1ccc(-c2ccccc2)c(OC(=O)c2ccc(C(C)OC(=O)[C@@H](C)CC)cc2)c1. The Morgan fingerprint density at radius 1 is 0.795 bits per heavy atom. The summed E-state index contributed by atoms with van der Waals surface area (Å²) >= 11 is 0. The minimum absolute atomic E-state index is 0.147. The summed E-state index contributed by atoms with van der Waals surface area (Å²) < 4.78 is 17.5. The van der Waals surface area contributed by atoms with Gasteiger partial charge in [0.15, 0.2) is 0 Å². The highest BCUT2D eigenvalue weighted by atomic mass is 16.5. The Morgan fingerprint density at radius 2 is 1.49 bits per heavy atom. The molecular formula is C34H42O5. The number of rotatable bonds is 15. The minimum atomic E-state index is -0.462. The summed E-state index contributed by atoms with van der Waals surface area (Å²) in [6.45, 7) is 8.49. The second kappa shape index (κ2) is 15.7. The van der Waals surface area contributed by atoms with Gasteiger partial charge in [-0.2, -0.15) is 0 Å². The summed E-state index contributed by atoms with van der Waals surface area (Å²) in [5.41, 5.74) is 3.00. The fourth-order valence-corrected chi connectivity index (χ4v) is 4.18. The molecule has 208 valence electrons. The summed E-state index contributed by atoms with van der Waals surface area (Å²) in [6.07, 6.45) is 7.49. The second-order valence-corrected chi connectivity index (χ2v) is 10.0. The Hall–Kier alpha value is -3.60. The molecule has 0 aromatic heterocycles. The van der Waals surface area contributed by atoms with Gasteiger partial charge in [-0.15, -0.1) is 0 Å². The van der Waals surface area contributed by atoms with E-state index in [9.17, 15) is 9.59 Å². The first-order valence-corrected chi connectivity index (χ1v) is 14.3. The molecule has 0 heterocycles. The minimum Gasteiger partial charge on any atom is -0.493 e. The van der Waals surface area contributed by atoms with E-state index in [0.29, 0.717) is 23.7 Å². The molecule has 0 saturated carbocycles. The van der Waals surface area contributed by atoms with Crippen LogP contribution in [-0.4, -0.2) is 18.5 Å². The zero-order chi connectivity index (χ0) is 28.0. The molecule has 39 heavy (non-hydrogen) atoms. The standard InChI is InChI=1S/C34H42O5/c1-5-7-8-9-10-14-23-37-30-21-22-31(28-15-12-11-13-16-28)32(24-30)39-34(36)29-19-17-27(18-20-29)26(4)38-33(35)25(3)6-2/h11-13,15-22,24-26H,5-10,14,23H2,1-4H3/t25-,26?/m0/s1. The lowest BCUT2D eigenvalue weighted by atomic mass is 10.0. The van der Waals surface area contributed by atoms with E-state index in [0.717, 1.165) is 36.0 Å². The number of carbonyl (C=O) groups excluding carboxylic acids is 2. The molecule has 1 unspecified atom stereocenters. The highest BCUT2D eigenvalue weighted by molar-refractivity contribution is 5.92. The molecule has 3 aromatic rings. The van der Waals surface area contributed by atoms with Gasteiger partial charge in [-0.05, 0) is 55.2 Å². The molecule has 0 fully saturated rings. The number of carbonyl (C=O) groups is 2. The van der Waals surface area contributed by atoms with Crippen LogP contribution >= 0.6 is 0 Å². The largest absolute Gasteiger partial charge is 0.493 e. The van der Waals surface area contributed by atoms with Crippen LogP contribution in [0.1, 0.15) is 94.7 Å². The number of unbranched alkanes of at least 4 members (excludes halogenated alkanes) is 5. The molecule has 0 radical (unpaired) electrons. The first-order chi connectivity index (χ1) is 18.9. The lowest BCUT2D eigenvalue weighted by Crippen LogP contribution is -2.16. The van der Waals surface area contributed by atoms with Gasteiger partial charge in [-0.3, -0.25) is 4.79 Å². The van der Waals surface area contributed by atoms with E-state index in [-0.39, 0.29) is 11.9 Å². The molecule has 0 amide bonds. The van der Waals surface area contributed by atoms with E-state index >= 15 is 0 Å².